The Hall–Kier alpha value is -2.30. The average molecular weight is 245 g/mol. The maximum atomic E-state index is 11.1. The first kappa shape index (κ1) is 12.2. The summed E-state index contributed by atoms with van der Waals surface area (Å²) in [6, 6.07) is 9.04. The van der Waals surface area contributed by atoms with Gasteiger partial charge in [0.05, 0.1) is 11.8 Å². The normalized spacial score (nSPS) is 10.6. The molecule has 2 aromatic rings. The minimum absolute atomic E-state index is 0.105. The summed E-state index contributed by atoms with van der Waals surface area (Å²) in [5.74, 6) is 0.758. The maximum Gasteiger partial charge on any atom is 0.287 e. The van der Waals surface area contributed by atoms with Crippen molar-refractivity contribution in [1.82, 2.24) is 10.2 Å². The molecular weight excluding hydrogens is 230 g/mol. The molecule has 1 aromatic carbocycles. The summed E-state index contributed by atoms with van der Waals surface area (Å²) in [6.45, 7) is 3.92. The van der Waals surface area contributed by atoms with Crippen molar-refractivity contribution in [2.75, 3.05) is 5.73 Å². The Kier molecular flexibility index (Phi) is 3.32. The minimum atomic E-state index is -0.381. The second kappa shape index (κ2) is 4.91. The highest BCUT2D eigenvalue weighted by Crippen LogP contribution is 2.22. The van der Waals surface area contributed by atoms with E-state index in [9.17, 15) is 4.79 Å². The van der Waals surface area contributed by atoms with Crippen molar-refractivity contribution in [3.05, 3.63) is 40.7 Å². The number of aromatic nitrogens is 2. The van der Waals surface area contributed by atoms with E-state index in [0.717, 1.165) is 11.3 Å². The number of aromatic amines is 1. The van der Waals surface area contributed by atoms with Crippen molar-refractivity contribution in [1.29, 1.82) is 0 Å². The molecule has 0 unspecified atom stereocenters. The molecule has 0 saturated carbocycles. The fraction of sp³-hybridized carbons (Fsp3) is 0.231. The molecule has 0 aliphatic heterocycles. The molecule has 0 bridgehead atoms. The zero-order chi connectivity index (χ0) is 13.1. The van der Waals surface area contributed by atoms with E-state index < -0.39 is 0 Å². The Balaban J connectivity index is 2.38. The lowest BCUT2D eigenvalue weighted by molar-refractivity contribution is 0.242. The van der Waals surface area contributed by atoms with Gasteiger partial charge in [-0.05, 0) is 32.0 Å². The van der Waals surface area contributed by atoms with Gasteiger partial charge in [-0.25, -0.2) is 5.10 Å². The number of H-pyrrole nitrogens is 1. The molecule has 2 rings (SSSR count). The van der Waals surface area contributed by atoms with E-state index in [-0.39, 0.29) is 17.4 Å². The molecule has 1 aromatic heterocycles. The molecule has 94 valence electrons. The van der Waals surface area contributed by atoms with Crippen LogP contribution in [-0.4, -0.2) is 16.3 Å². The third-order valence-electron chi connectivity index (χ3n) is 2.33. The predicted molar refractivity (Wildman–Crippen MR) is 70.5 cm³/mol. The molecule has 0 radical (unpaired) electrons. The lowest BCUT2D eigenvalue weighted by Crippen LogP contribution is -2.13. The van der Waals surface area contributed by atoms with Crippen LogP contribution in [0, 0.1) is 0 Å². The van der Waals surface area contributed by atoms with Gasteiger partial charge in [-0.15, -0.1) is 0 Å². The van der Waals surface area contributed by atoms with Crippen molar-refractivity contribution >= 4 is 5.69 Å². The van der Waals surface area contributed by atoms with Gasteiger partial charge in [-0.3, -0.25) is 4.79 Å². The molecular formula is C13H15N3O2. The highest BCUT2D eigenvalue weighted by Gasteiger charge is 2.05. The molecule has 18 heavy (non-hydrogen) atoms. The molecule has 0 fully saturated rings. The first-order chi connectivity index (χ1) is 8.56. The first-order valence-electron chi connectivity index (χ1n) is 5.68. The zero-order valence-corrected chi connectivity index (χ0v) is 10.3. The fourth-order valence-corrected chi connectivity index (χ4v) is 1.57. The van der Waals surface area contributed by atoms with E-state index in [1.54, 1.807) is 6.07 Å². The molecule has 0 amide bonds. The van der Waals surface area contributed by atoms with Crippen LogP contribution in [0.2, 0.25) is 0 Å². The molecule has 0 spiro atoms. The van der Waals surface area contributed by atoms with Gasteiger partial charge in [-0.1, -0.05) is 12.1 Å². The molecule has 5 heteroatoms. The fourth-order valence-electron chi connectivity index (χ4n) is 1.57. The second-order valence-electron chi connectivity index (χ2n) is 4.23. The minimum Gasteiger partial charge on any atom is -0.491 e. The molecule has 0 atom stereocenters. The van der Waals surface area contributed by atoms with Gasteiger partial charge < -0.3 is 10.5 Å². The molecule has 5 nitrogen and oxygen atoms in total. The standard InChI is InChI=1S/C13H15N3O2/c1-8(2)18-10-5-3-4-9(6-10)12-7-11(14)13(17)16-15-12/h3-8H,1-2H3,(H2,14,15)(H,16,17). The van der Waals surface area contributed by atoms with Gasteiger partial charge in [0, 0.05) is 5.56 Å². The van der Waals surface area contributed by atoms with E-state index in [1.807, 2.05) is 38.1 Å². The molecule has 0 aliphatic carbocycles. The lowest BCUT2D eigenvalue weighted by Gasteiger charge is -2.10. The first-order valence-corrected chi connectivity index (χ1v) is 5.68. The Morgan fingerprint density at radius 2 is 2.11 bits per heavy atom. The van der Waals surface area contributed by atoms with Gasteiger partial charge >= 0.3 is 0 Å². The van der Waals surface area contributed by atoms with E-state index in [4.69, 9.17) is 10.5 Å². The van der Waals surface area contributed by atoms with Gasteiger partial charge in [0.1, 0.15) is 11.4 Å². The summed E-state index contributed by atoms with van der Waals surface area (Å²) >= 11 is 0. The number of rotatable bonds is 3. The molecule has 3 N–H and O–H groups in total. The predicted octanol–water partition coefficient (Wildman–Crippen LogP) is 1.81. The molecule has 0 saturated heterocycles. The second-order valence-corrected chi connectivity index (χ2v) is 4.23. The Labute approximate surface area is 105 Å². The number of ether oxygens (including phenoxy) is 1. The number of anilines is 1. The summed E-state index contributed by atoms with van der Waals surface area (Å²) in [6.07, 6.45) is 0.105. The van der Waals surface area contributed by atoms with Crippen molar-refractivity contribution in [2.45, 2.75) is 20.0 Å². The summed E-state index contributed by atoms with van der Waals surface area (Å²) in [5, 5.41) is 6.31. The van der Waals surface area contributed by atoms with Gasteiger partial charge in [0.25, 0.3) is 5.56 Å². The highest BCUT2D eigenvalue weighted by molar-refractivity contribution is 5.63. The lowest BCUT2D eigenvalue weighted by atomic mass is 10.1. The Morgan fingerprint density at radius 1 is 1.33 bits per heavy atom. The monoisotopic (exact) mass is 245 g/mol. The topological polar surface area (TPSA) is 81.0 Å². The van der Waals surface area contributed by atoms with Crippen LogP contribution >= 0.6 is 0 Å². The third-order valence-corrected chi connectivity index (χ3v) is 2.33. The van der Waals surface area contributed by atoms with Crippen LogP contribution in [0.1, 0.15) is 13.8 Å². The average Bonchev–Trinajstić information content (AvgIpc) is 2.32. The van der Waals surface area contributed by atoms with Gasteiger partial charge in [0.15, 0.2) is 0 Å². The van der Waals surface area contributed by atoms with E-state index in [0.29, 0.717) is 5.69 Å². The summed E-state index contributed by atoms with van der Waals surface area (Å²) < 4.78 is 5.60. The molecule has 0 aliphatic rings. The van der Waals surface area contributed by atoms with E-state index in [2.05, 4.69) is 10.2 Å². The zero-order valence-electron chi connectivity index (χ0n) is 10.3. The SMILES string of the molecule is CC(C)Oc1cccc(-c2cc(N)c(=O)[nH]n2)c1. The summed E-state index contributed by atoms with van der Waals surface area (Å²) in [5.41, 5.74) is 6.78. The van der Waals surface area contributed by atoms with Crippen LogP contribution in [-0.2, 0) is 0 Å². The Bertz CT molecular complexity index is 605. The van der Waals surface area contributed by atoms with E-state index >= 15 is 0 Å². The number of nitrogens with two attached hydrogens (primary N) is 1. The third kappa shape index (κ3) is 2.68. The maximum absolute atomic E-state index is 11.1. The number of hydrogen-bond acceptors (Lipinski definition) is 4. The van der Waals surface area contributed by atoms with Crippen molar-refractivity contribution in [3.8, 4) is 17.0 Å². The quantitative estimate of drug-likeness (QED) is 0.864. The van der Waals surface area contributed by atoms with Crippen LogP contribution in [0.3, 0.4) is 0 Å². The Morgan fingerprint density at radius 3 is 2.78 bits per heavy atom. The van der Waals surface area contributed by atoms with Crippen LogP contribution in [0.25, 0.3) is 11.3 Å². The van der Waals surface area contributed by atoms with Crippen molar-refractivity contribution < 1.29 is 4.74 Å². The number of nitrogens with zero attached hydrogens (tertiary/aromatic N) is 1. The van der Waals surface area contributed by atoms with Gasteiger partial charge in [0.2, 0.25) is 0 Å². The molecule has 1 heterocycles. The number of hydrogen-bond donors (Lipinski definition) is 2. The van der Waals surface area contributed by atoms with Gasteiger partial charge in [-0.2, -0.15) is 5.10 Å². The van der Waals surface area contributed by atoms with Crippen molar-refractivity contribution in [2.24, 2.45) is 0 Å². The van der Waals surface area contributed by atoms with Crippen LogP contribution < -0.4 is 16.0 Å². The highest BCUT2D eigenvalue weighted by atomic mass is 16.5. The van der Waals surface area contributed by atoms with Crippen LogP contribution in [0.5, 0.6) is 5.75 Å². The summed E-state index contributed by atoms with van der Waals surface area (Å²) in [4.78, 5) is 11.1. The number of benzene rings is 1. The van der Waals surface area contributed by atoms with Crippen LogP contribution in [0.4, 0.5) is 5.69 Å². The number of nitrogens with one attached hydrogen (secondary N) is 1. The largest absolute Gasteiger partial charge is 0.491 e. The number of nitrogen functional groups attached to an aromatic ring is 1. The van der Waals surface area contributed by atoms with E-state index in [1.165, 1.54) is 0 Å². The smallest absolute Gasteiger partial charge is 0.287 e. The van der Waals surface area contributed by atoms with Crippen LogP contribution in [0.15, 0.2) is 35.1 Å². The summed E-state index contributed by atoms with van der Waals surface area (Å²) in [7, 11) is 0. The van der Waals surface area contributed by atoms with Crippen molar-refractivity contribution in [3.63, 3.8) is 0 Å².